The molecule has 0 unspecified atom stereocenters. The molecule has 0 aromatic carbocycles. The second kappa shape index (κ2) is 17.1. The fraction of sp³-hybridized carbons (Fsp3) is 0. The molecule has 0 nitrogen and oxygen atoms in total. The Morgan fingerprint density at radius 1 is 1.00 bits per heavy atom. The van der Waals surface area contributed by atoms with Crippen molar-refractivity contribution in [2.24, 2.45) is 0 Å². The zero-order valence-electron chi connectivity index (χ0n) is 0.603. The molecule has 4 heavy (non-hydrogen) atoms. The number of hydrogen-bond donors (Lipinski definition) is 0. The molecule has 4 heteroatoms. The summed E-state index contributed by atoms with van der Waals surface area (Å²) < 4.78 is 0. The molecule has 0 spiro atoms. The minimum absolute atomic E-state index is 0. The molecule has 0 saturated heterocycles. The summed E-state index contributed by atoms with van der Waals surface area (Å²) in [6.45, 7) is 0. The Hall–Kier alpha value is 2.77. The van der Waals surface area contributed by atoms with Crippen molar-refractivity contribution in [3.05, 3.63) is 0 Å². The Morgan fingerprint density at radius 3 is 1.00 bits per heavy atom. The Morgan fingerprint density at radius 2 is 1.00 bits per heavy atom. The molecule has 0 heterocycles. The van der Waals surface area contributed by atoms with E-state index in [2.05, 4.69) is 0 Å². The van der Waals surface area contributed by atoms with Crippen LogP contribution in [0.15, 0.2) is 0 Å². The van der Waals surface area contributed by atoms with Crippen molar-refractivity contribution >= 4 is 45.6 Å². The van der Waals surface area contributed by atoms with Gasteiger partial charge >= 0.3 is 45.6 Å². The molecule has 0 atom stereocenters. The monoisotopic (exact) mass is 360 g/mol. The van der Waals surface area contributed by atoms with E-state index >= 15 is 0 Å². The summed E-state index contributed by atoms with van der Waals surface area (Å²) in [6, 6.07) is 0. The molecule has 0 aliphatic carbocycles. The van der Waals surface area contributed by atoms with Crippen LogP contribution in [0, 0.1) is 0 Å². The van der Waals surface area contributed by atoms with E-state index in [4.69, 9.17) is 0 Å². The Balaban J connectivity index is 0. The minimum atomic E-state index is 0. The molecule has 0 bridgehead atoms. The van der Waals surface area contributed by atoms with E-state index < -0.39 is 0 Å². The number of hydrogen-bond acceptors (Lipinski definition) is 0. The van der Waals surface area contributed by atoms with Gasteiger partial charge in [-0.2, -0.15) is 0 Å². The van der Waals surface area contributed by atoms with E-state index in [0.29, 0.717) is 0 Å². The molecular weight excluding hydrogens is 356 g/mol. The maximum atomic E-state index is 0. The average molecular weight is 362 g/mol. The normalized spacial score (nSPS) is 0. The molecule has 34 valence electrons. The van der Waals surface area contributed by atoms with E-state index in [0.717, 1.165) is 0 Å². The van der Waals surface area contributed by atoms with Crippen molar-refractivity contribution in [3.8, 4) is 0 Å². The Bertz CT molecular complexity index is 8.00. The summed E-state index contributed by atoms with van der Waals surface area (Å²) in [7, 11) is 0. The van der Waals surface area contributed by atoms with Crippen LogP contribution >= 0.6 is 0 Å². The molecule has 0 rings (SSSR count). The van der Waals surface area contributed by atoms with E-state index in [1.54, 1.807) is 0 Å². The fourth-order valence-electron chi connectivity index (χ4n) is 0. The number of rotatable bonds is 0. The van der Waals surface area contributed by atoms with Crippen molar-refractivity contribution in [1.82, 2.24) is 0 Å². The van der Waals surface area contributed by atoms with E-state index in [9.17, 15) is 0 Å². The van der Waals surface area contributed by atoms with Gasteiger partial charge in [0.15, 0.2) is 0 Å². The van der Waals surface area contributed by atoms with Gasteiger partial charge in [-0.1, -0.05) is 0 Å². The summed E-state index contributed by atoms with van der Waals surface area (Å²) in [4.78, 5) is 0. The molecular formula is H6AgCuGaIn. The van der Waals surface area contributed by atoms with E-state index in [-0.39, 0.29) is 85.1 Å². The molecule has 0 N–H and O–H groups in total. The zero-order chi connectivity index (χ0) is 0. The first-order valence-electron chi connectivity index (χ1n) is 0. The van der Waals surface area contributed by atoms with Gasteiger partial charge in [-0.15, -0.1) is 0 Å². The van der Waals surface area contributed by atoms with Crippen LogP contribution in [0.3, 0.4) is 0 Å². The first-order valence-corrected chi connectivity index (χ1v) is 0. The van der Waals surface area contributed by atoms with Crippen molar-refractivity contribution in [2.45, 2.75) is 0 Å². The summed E-state index contributed by atoms with van der Waals surface area (Å²) in [5.74, 6) is 0. The Labute approximate surface area is 83.7 Å². The van der Waals surface area contributed by atoms with Crippen LogP contribution in [-0.4, -0.2) is 45.6 Å². The van der Waals surface area contributed by atoms with E-state index in [1.165, 1.54) is 0 Å². The third-order valence-corrected chi connectivity index (χ3v) is 0. The summed E-state index contributed by atoms with van der Waals surface area (Å²) in [5, 5.41) is 0. The van der Waals surface area contributed by atoms with Crippen LogP contribution in [0.25, 0.3) is 0 Å². The standard InChI is InChI=1S/Ag.Cu.Ga.In.6H. The molecule has 0 fully saturated rings. The predicted octanol–water partition coefficient (Wildman–Crippen LogP) is -2.37. The van der Waals surface area contributed by atoms with Crippen LogP contribution in [0.1, 0.15) is 0 Å². The summed E-state index contributed by atoms with van der Waals surface area (Å²) in [5.41, 5.74) is 0. The second-order valence-electron chi connectivity index (χ2n) is 0. The Kier molecular flexibility index (Phi) is 126. The van der Waals surface area contributed by atoms with Gasteiger partial charge in [0.2, 0.25) is 0 Å². The molecule has 0 aromatic rings. The van der Waals surface area contributed by atoms with Gasteiger partial charge in [-0.05, 0) is 0 Å². The van der Waals surface area contributed by atoms with Crippen LogP contribution < -0.4 is 0 Å². The van der Waals surface area contributed by atoms with Gasteiger partial charge in [-0.3, -0.25) is 0 Å². The van der Waals surface area contributed by atoms with E-state index in [1.807, 2.05) is 0 Å². The van der Waals surface area contributed by atoms with Crippen LogP contribution in [-0.2, 0) is 39.4 Å². The van der Waals surface area contributed by atoms with Crippen molar-refractivity contribution in [2.75, 3.05) is 0 Å². The van der Waals surface area contributed by atoms with Crippen molar-refractivity contribution in [1.29, 1.82) is 0 Å². The first kappa shape index (κ1) is 29.4. The molecule has 0 aliphatic rings. The van der Waals surface area contributed by atoms with Crippen LogP contribution in [0.5, 0.6) is 0 Å². The third-order valence-electron chi connectivity index (χ3n) is 0. The second-order valence-corrected chi connectivity index (χ2v) is 0. The summed E-state index contributed by atoms with van der Waals surface area (Å²) in [6.07, 6.45) is 0. The van der Waals surface area contributed by atoms with Crippen molar-refractivity contribution < 1.29 is 39.4 Å². The third kappa shape index (κ3) is 8.84. The topological polar surface area (TPSA) is 0 Å². The van der Waals surface area contributed by atoms with Gasteiger partial charge in [0.25, 0.3) is 0 Å². The zero-order valence-corrected chi connectivity index (χ0v) is 3.03. The maximum absolute atomic E-state index is 0. The first-order chi connectivity index (χ1) is 0. The van der Waals surface area contributed by atoms with Gasteiger partial charge in [0.1, 0.15) is 0 Å². The van der Waals surface area contributed by atoms with Crippen LogP contribution in [0.4, 0.5) is 0 Å². The predicted molar refractivity (Wildman–Crippen MR) is 19.9 cm³/mol. The quantitative estimate of drug-likeness (QED) is 0.423. The molecule has 0 aromatic heterocycles. The molecule has 0 saturated carbocycles. The average Bonchev–Trinajstić information content (AvgIpc) is 0. The molecule has 2 radical (unpaired) electrons. The summed E-state index contributed by atoms with van der Waals surface area (Å²) >= 11 is 0. The molecule has 0 aliphatic heterocycles. The molecule has 0 amide bonds. The van der Waals surface area contributed by atoms with Crippen molar-refractivity contribution in [3.63, 3.8) is 0 Å². The van der Waals surface area contributed by atoms with Gasteiger partial charge in [0, 0.05) is 39.4 Å². The van der Waals surface area contributed by atoms with Gasteiger partial charge in [-0.25, -0.2) is 0 Å². The van der Waals surface area contributed by atoms with Gasteiger partial charge in [0.05, 0.1) is 0 Å². The van der Waals surface area contributed by atoms with Gasteiger partial charge < -0.3 is 0 Å². The van der Waals surface area contributed by atoms with Crippen LogP contribution in [0.2, 0.25) is 0 Å². The SMILES string of the molecule is [Ag].[Cu].[GaH3].[InH3]. The fourth-order valence-corrected chi connectivity index (χ4v) is 0.